The summed E-state index contributed by atoms with van der Waals surface area (Å²) in [5, 5.41) is -7.95. The Balaban J connectivity index is 0.00000103. The Hall–Kier alpha value is -1.59. The standard InChI is InChI=1S/C12H21O2S.C8HF17O3S/c1-2-3-4-5-12(14)10-15-8-6-11(13)7-9-15;9-1(10,3(13,14)5(17,18)7(21,22)23)2(11,12)4(15,16)6(19,20)8(24,25)29(26,27)28/h2-10H2,1H3;(H,26,27,28)/q+1;/p-1. The van der Waals surface area contributed by atoms with Gasteiger partial charge in [-0.15, -0.1) is 0 Å². The molecule has 44 heavy (non-hydrogen) atoms. The van der Waals surface area contributed by atoms with E-state index in [1.54, 1.807) is 0 Å². The molecule has 0 amide bonds. The summed E-state index contributed by atoms with van der Waals surface area (Å²) in [6.45, 7) is 2.15. The highest BCUT2D eigenvalue weighted by Crippen LogP contribution is 2.64. The second-order valence-electron chi connectivity index (χ2n) is 9.11. The van der Waals surface area contributed by atoms with E-state index in [0.717, 1.165) is 36.5 Å². The van der Waals surface area contributed by atoms with Crippen LogP contribution in [-0.2, 0) is 30.6 Å². The van der Waals surface area contributed by atoms with Gasteiger partial charge in [0.2, 0.25) is 0 Å². The second kappa shape index (κ2) is 13.6. The van der Waals surface area contributed by atoms with E-state index in [2.05, 4.69) is 6.92 Å². The number of alkyl halides is 17. The molecule has 1 saturated heterocycles. The molecule has 5 nitrogen and oxygen atoms in total. The molecular formula is C20H21F17O5S2. The second-order valence-corrected chi connectivity index (χ2v) is 12.9. The van der Waals surface area contributed by atoms with Crippen LogP contribution in [0.1, 0.15) is 45.4 Å². The van der Waals surface area contributed by atoms with E-state index in [4.69, 9.17) is 0 Å². The number of hydrogen-bond donors (Lipinski definition) is 0. The van der Waals surface area contributed by atoms with Crippen LogP contribution in [0.25, 0.3) is 0 Å². The Morgan fingerprint density at radius 1 is 0.682 bits per heavy atom. The van der Waals surface area contributed by atoms with Gasteiger partial charge in [0, 0.05) is 6.42 Å². The molecule has 0 radical (unpaired) electrons. The van der Waals surface area contributed by atoms with E-state index in [1.165, 1.54) is 6.42 Å². The summed E-state index contributed by atoms with van der Waals surface area (Å²) >= 11 is 0. The van der Waals surface area contributed by atoms with Crippen LogP contribution in [0.2, 0.25) is 0 Å². The Bertz CT molecular complexity index is 1110. The van der Waals surface area contributed by atoms with Crippen LogP contribution in [0.15, 0.2) is 0 Å². The predicted octanol–water partition coefficient (Wildman–Crippen LogP) is 6.62. The average Bonchev–Trinajstić information content (AvgIpc) is 2.84. The van der Waals surface area contributed by atoms with Crippen molar-refractivity contribution < 1.29 is 97.2 Å². The summed E-state index contributed by atoms with van der Waals surface area (Å²) in [7, 11) is -7.91. The molecule has 1 fully saturated rings. The zero-order valence-electron chi connectivity index (χ0n) is 21.6. The minimum atomic E-state index is -8.92. The predicted molar refractivity (Wildman–Crippen MR) is 116 cm³/mol. The zero-order valence-corrected chi connectivity index (χ0v) is 23.3. The summed E-state index contributed by atoms with van der Waals surface area (Å²) in [5.74, 6) is -48.7. The average molecular weight is 728 g/mol. The molecular weight excluding hydrogens is 707 g/mol. The van der Waals surface area contributed by atoms with E-state index in [1.807, 2.05) is 0 Å². The molecule has 0 aromatic carbocycles. The van der Waals surface area contributed by atoms with E-state index < -0.39 is 57.1 Å². The molecule has 1 aliphatic rings. The van der Waals surface area contributed by atoms with E-state index >= 15 is 0 Å². The third-order valence-electron chi connectivity index (χ3n) is 5.77. The number of ketones is 2. The van der Waals surface area contributed by atoms with Gasteiger partial charge in [-0.05, 0) is 17.3 Å². The molecule has 1 rings (SSSR count). The fourth-order valence-corrected chi connectivity index (χ4v) is 5.63. The van der Waals surface area contributed by atoms with Crippen LogP contribution < -0.4 is 0 Å². The Labute approximate surface area is 240 Å². The largest absolute Gasteiger partial charge is 0.743 e. The monoisotopic (exact) mass is 728 g/mol. The highest BCUT2D eigenvalue weighted by molar-refractivity contribution is 7.97. The molecule has 262 valence electrons. The van der Waals surface area contributed by atoms with Crippen LogP contribution in [0.4, 0.5) is 74.6 Å². The van der Waals surface area contributed by atoms with Gasteiger partial charge in [0.05, 0.1) is 12.8 Å². The van der Waals surface area contributed by atoms with Gasteiger partial charge < -0.3 is 4.55 Å². The van der Waals surface area contributed by atoms with Gasteiger partial charge in [-0.3, -0.25) is 9.59 Å². The van der Waals surface area contributed by atoms with Crippen LogP contribution >= 0.6 is 0 Å². The normalized spacial score (nSPS) is 17.3. The van der Waals surface area contributed by atoms with Gasteiger partial charge in [0.25, 0.3) is 0 Å². The SMILES string of the molecule is CCCCCC(=O)C[S+]1CCC(=O)CC1.O=S(=O)([O-])C(F)(F)C(F)(F)C(F)(F)C(F)(F)C(F)(F)C(F)(F)C(F)(F)C(F)(F)F. The Kier molecular flexibility index (Phi) is 13.1. The van der Waals surface area contributed by atoms with E-state index in [9.17, 15) is 97.2 Å². The van der Waals surface area contributed by atoms with Gasteiger partial charge >= 0.3 is 47.0 Å². The maximum absolute atomic E-state index is 13.0. The summed E-state index contributed by atoms with van der Waals surface area (Å²) in [5.41, 5.74) is 0. The van der Waals surface area contributed by atoms with Crippen LogP contribution in [0.3, 0.4) is 0 Å². The van der Waals surface area contributed by atoms with Crippen molar-refractivity contribution in [2.24, 2.45) is 0 Å². The van der Waals surface area contributed by atoms with E-state index in [-0.39, 0.29) is 10.9 Å². The molecule has 0 spiro atoms. The van der Waals surface area contributed by atoms with Crippen LogP contribution in [0.5, 0.6) is 0 Å². The maximum Gasteiger partial charge on any atom is 0.460 e. The van der Waals surface area contributed by atoms with Crippen molar-refractivity contribution >= 4 is 32.6 Å². The molecule has 0 aliphatic carbocycles. The summed E-state index contributed by atoms with van der Waals surface area (Å²) < 4.78 is 244. The van der Waals surface area contributed by atoms with Crippen molar-refractivity contribution in [3.05, 3.63) is 0 Å². The molecule has 0 aromatic heterocycles. The highest BCUT2D eigenvalue weighted by atomic mass is 32.2. The minimum absolute atomic E-state index is 0.229. The molecule has 0 saturated carbocycles. The fraction of sp³-hybridized carbons (Fsp3) is 0.900. The van der Waals surface area contributed by atoms with Crippen molar-refractivity contribution in [1.29, 1.82) is 0 Å². The third-order valence-corrected chi connectivity index (χ3v) is 8.95. The van der Waals surface area contributed by atoms with Crippen LogP contribution in [-0.4, -0.2) is 88.8 Å². The Morgan fingerprint density at radius 2 is 1.05 bits per heavy atom. The molecule has 0 atom stereocenters. The van der Waals surface area contributed by atoms with Crippen molar-refractivity contribution in [3.63, 3.8) is 0 Å². The smallest absolute Gasteiger partial charge is 0.460 e. The molecule has 1 aliphatic heterocycles. The topological polar surface area (TPSA) is 91.3 Å². The molecule has 0 unspecified atom stereocenters. The minimum Gasteiger partial charge on any atom is -0.743 e. The van der Waals surface area contributed by atoms with Gasteiger partial charge in [-0.1, -0.05) is 19.8 Å². The molecule has 0 aromatic rings. The third kappa shape index (κ3) is 7.85. The number of halogens is 17. The number of carbonyl (C=O) groups is 2. The highest BCUT2D eigenvalue weighted by Gasteiger charge is 2.95. The first-order valence-corrected chi connectivity index (χ1v) is 14.7. The number of carbonyl (C=O) groups excluding carboxylic acids is 2. The van der Waals surface area contributed by atoms with Gasteiger partial charge in [0.15, 0.2) is 21.7 Å². The fourth-order valence-electron chi connectivity index (χ4n) is 3.07. The van der Waals surface area contributed by atoms with E-state index in [0.29, 0.717) is 24.4 Å². The lowest BCUT2D eigenvalue weighted by Gasteiger charge is -2.42. The number of hydrogen-bond acceptors (Lipinski definition) is 5. The molecule has 24 heteroatoms. The summed E-state index contributed by atoms with van der Waals surface area (Å²) in [4.78, 5) is 22.6. The summed E-state index contributed by atoms with van der Waals surface area (Å²) in [6.07, 6.45) is -2.32. The lowest BCUT2D eigenvalue weighted by atomic mass is 9.91. The lowest BCUT2D eigenvalue weighted by molar-refractivity contribution is -0.458. The van der Waals surface area contributed by atoms with Gasteiger partial charge in [-0.25, -0.2) is 8.42 Å². The first-order valence-electron chi connectivity index (χ1n) is 11.6. The van der Waals surface area contributed by atoms with Crippen molar-refractivity contribution in [2.45, 2.75) is 92.4 Å². The van der Waals surface area contributed by atoms with Crippen molar-refractivity contribution in [1.82, 2.24) is 0 Å². The maximum atomic E-state index is 13.0. The molecule has 0 bridgehead atoms. The van der Waals surface area contributed by atoms with Crippen LogP contribution in [0, 0.1) is 0 Å². The molecule has 1 heterocycles. The Morgan fingerprint density at radius 3 is 1.39 bits per heavy atom. The summed E-state index contributed by atoms with van der Waals surface area (Å²) in [6, 6.07) is 0. The van der Waals surface area contributed by atoms with Gasteiger partial charge in [-0.2, -0.15) is 74.6 Å². The lowest BCUT2D eigenvalue weighted by Crippen LogP contribution is -2.75. The quantitative estimate of drug-likeness (QED) is 0.0922. The van der Waals surface area contributed by atoms with Crippen molar-refractivity contribution in [2.75, 3.05) is 17.3 Å². The zero-order chi connectivity index (χ0) is 35.6. The number of rotatable bonds is 13. The first-order chi connectivity index (χ1) is 19.2. The van der Waals surface area contributed by atoms with Crippen molar-refractivity contribution in [3.8, 4) is 0 Å². The molecule has 0 N–H and O–H groups in total. The number of unbranched alkanes of at least 4 members (excludes halogenated alkanes) is 2. The van der Waals surface area contributed by atoms with Gasteiger partial charge in [0.1, 0.15) is 17.3 Å². The first kappa shape index (κ1) is 42.4. The number of Topliss-reactive ketones (excluding diaryl/α,β-unsaturated/α-hetero) is 2.